The molecule has 116 valence electrons. The highest BCUT2D eigenvalue weighted by atomic mass is 35.5. The molecule has 0 spiro atoms. The van der Waals surface area contributed by atoms with E-state index in [9.17, 15) is 14.9 Å². The third kappa shape index (κ3) is 3.34. The Bertz CT molecular complexity index is 729. The number of para-hydroxylation sites is 1. The van der Waals surface area contributed by atoms with E-state index < -0.39 is 4.92 Å². The summed E-state index contributed by atoms with van der Waals surface area (Å²) in [6.07, 6.45) is 1.21. The van der Waals surface area contributed by atoms with Gasteiger partial charge in [0.25, 0.3) is 0 Å². The van der Waals surface area contributed by atoms with Crippen molar-refractivity contribution in [2.45, 2.75) is 13.5 Å². The quantitative estimate of drug-likeness (QED) is 0.672. The molecular formula is C13H13ClN4O4. The van der Waals surface area contributed by atoms with Gasteiger partial charge in [0.2, 0.25) is 11.7 Å². The molecule has 0 aliphatic carbocycles. The molecule has 0 unspecified atom stereocenters. The van der Waals surface area contributed by atoms with Crippen molar-refractivity contribution in [1.29, 1.82) is 0 Å². The van der Waals surface area contributed by atoms with Crippen molar-refractivity contribution >= 4 is 29.0 Å². The Labute approximate surface area is 130 Å². The average molecular weight is 325 g/mol. The second-order valence-electron chi connectivity index (χ2n) is 4.40. The molecular weight excluding hydrogens is 312 g/mol. The van der Waals surface area contributed by atoms with E-state index in [1.807, 2.05) is 0 Å². The number of halogens is 1. The van der Waals surface area contributed by atoms with Gasteiger partial charge in [0.05, 0.1) is 17.8 Å². The highest BCUT2D eigenvalue weighted by molar-refractivity contribution is 6.32. The summed E-state index contributed by atoms with van der Waals surface area (Å²) in [7, 11) is 1.44. The second kappa shape index (κ2) is 6.44. The molecule has 0 saturated carbocycles. The van der Waals surface area contributed by atoms with Gasteiger partial charge in [-0.25, -0.2) is 0 Å². The molecule has 0 fully saturated rings. The number of rotatable bonds is 5. The number of imidazole rings is 1. The summed E-state index contributed by atoms with van der Waals surface area (Å²) in [6, 6.07) is 4.96. The maximum atomic E-state index is 12.1. The average Bonchev–Trinajstić information content (AvgIpc) is 2.80. The number of carbonyl (C=O) groups excluding carboxylic acids is 1. The van der Waals surface area contributed by atoms with Crippen LogP contribution in [0.2, 0.25) is 5.02 Å². The Morgan fingerprint density at radius 2 is 2.27 bits per heavy atom. The van der Waals surface area contributed by atoms with Crippen molar-refractivity contribution in [2.75, 3.05) is 12.4 Å². The smallest absolute Gasteiger partial charge is 0.381 e. The maximum absolute atomic E-state index is 12.1. The Balaban J connectivity index is 2.14. The molecule has 2 rings (SSSR count). The predicted octanol–water partition coefficient (Wildman–Crippen LogP) is 2.40. The van der Waals surface area contributed by atoms with Crippen LogP contribution in [-0.4, -0.2) is 27.5 Å². The van der Waals surface area contributed by atoms with Gasteiger partial charge in [-0.05, 0) is 22.0 Å². The van der Waals surface area contributed by atoms with Crippen LogP contribution in [0.15, 0.2) is 24.4 Å². The van der Waals surface area contributed by atoms with Gasteiger partial charge >= 0.3 is 5.82 Å². The van der Waals surface area contributed by atoms with Crippen LogP contribution in [0.1, 0.15) is 5.82 Å². The lowest BCUT2D eigenvalue weighted by Gasteiger charge is -2.11. The fourth-order valence-electron chi connectivity index (χ4n) is 1.90. The number of anilines is 1. The first-order valence-corrected chi connectivity index (χ1v) is 6.60. The number of aryl methyl sites for hydroxylation is 1. The van der Waals surface area contributed by atoms with Crippen molar-refractivity contribution in [1.82, 2.24) is 9.55 Å². The molecule has 22 heavy (non-hydrogen) atoms. The number of amides is 1. The van der Waals surface area contributed by atoms with Crippen LogP contribution in [-0.2, 0) is 11.3 Å². The lowest BCUT2D eigenvalue weighted by atomic mass is 10.3. The van der Waals surface area contributed by atoms with Crippen LogP contribution in [0.4, 0.5) is 11.5 Å². The highest BCUT2D eigenvalue weighted by Gasteiger charge is 2.18. The first-order valence-electron chi connectivity index (χ1n) is 6.23. The van der Waals surface area contributed by atoms with Gasteiger partial charge in [0, 0.05) is 6.92 Å². The second-order valence-corrected chi connectivity index (χ2v) is 4.81. The van der Waals surface area contributed by atoms with E-state index in [4.69, 9.17) is 16.3 Å². The number of nitrogens with one attached hydrogen (secondary N) is 1. The third-order valence-corrected chi connectivity index (χ3v) is 3.21. The molecule has 0 aliphatic heterocycles. The molecule has 0 aliphatic rings. The van der Waals surface area contributed by atoms with Crippen LogP contribution < -0.4 is 10.1 Å². The molecule has 0 atom stereocenters. The predicted molar refractivity (Wildman–Crippen MR) is 80.3 cm³/mol. The molecule has 1 heterocycles. The largest absolute Gasteiger partial charge is 0.493 e. The van der Waals surface area contributed by atoms with Gasteiger partial charge in [-0.15, -0.1) is 0 Å². The summed E-state index contributed by atoms with van der Waals surface area (Å²) in [5, 5.41) is 13.7. The minimum atomic E-state index is -0.610. The zero-order chi connectivity index (χ0) is 16.3. The molecule has 1 N–H and O–H groups in total. The Morgan fingerprint density at radius 3 is 2.86 bits per heavy atom. The molecule has 1 amide bonds. The van der Waals surface area contributed by atoms with Crippen LogP contribution in [0.3, 0.4) is 0 Å². The fourth-order valence-corrected chi connectivity index (χ4v) is 2.15. The van der Waals surface area contributed by atoms with Gasteiger partial charge in [-0.3, -0.25) is 9.36 Å². The van der Waals surface area contributed by atoms with Crippen LogP contribution in [0.5, 0.6) is 5.75 Å². The van der Waals surface area contributed by atoms with Gasteiger partial charge in [0.15, 0.2) is 5.75 Å². The number of nitrogens with zero attached hydrogens (tertiary/aromatic N) is 3. The first-order chi connectivity index (χ1) is 10.4. The monoisotopic (exact) mass is 324 g/mol. The summed E-state index contributed by atoms with van der Waals surface area (Å²) in [6.45, 7) is 1.47. The molecule has 1 aromatic carbocycles. The van der Waals surface area contributed by atoms with E-state index in [-0.39, 0.29) is 18.3 Å². The number of carbonyl (C=O) groups is 1. The highest BCUT2D eigenvalue weighted by Crippen LogP contribution is 2.32. The van der Waals surface area contributed by atoms with E-state index >= 15 is 0 Å². The number of ether oxygens (including phenoxy) is 1. The summed E-state index contributed by atoms with van der Waals surface area (Å²) in [4.78, 5) is 25.9. The number of methoxy groups -OCH3 is 1. The van der Waals surface area contributed by atoms with E-state index in [1.54, 1.807) is 25.1 Å². The lowest BCUT2D eigenvalue weighted by molar-refractivity contribution is -0.389. The molecule has 0 bridgehead atoms. The normalized spacial score (nSPS) is 10.3. The minimum absolute atomic E-state index is 0.109. The zero-order valence-electron chi connectivity index (χ0n) is 11.9. The van der Waals surface area contributed by atoms with Crippen molar-refractivity contribution < 1.29 is 14.5 Å². The van der Waals surface area contributed by atoms with E-state index in [1.165, 1.54) is 17.9 Å². The van der Waals surface area contributed by atoms with Crippen LogP contribution in [0.25, 0.3) is 0 Å². The molecule has 0 radical (unpaired) electrons. The molecule has 1 aromatic heterocycles. The van der Waals surface area contributed by atoms with E-state index in [0.717, 1.165) is 0 Å². The fraction of sp³-hybridized carbons (Fsp3) is 0.231. The van der Waals surface area contributed by atoms with Crippen molar-refractivity contribution in [3.63, 3.8) is 0 Å². The van der Waals surface area contributed by atoms with Crippen molar-refractivity contribution in [3.05, 3.63) is 45.4 Å². The van der Waals surface area contributed by atoms with Crippen molar-refractivity contribution in [2.24, 2.45) is 0 Å². The maximum Gasteiger partial charge on any atom is 0.381 e. The number of aromatic nitrogens is 2. The van der Waals surface area contributed by atoms with Gasteiger partial charge in [0.1, 0.15) is 12.7 Å². The van der Waals surface area contributed by atoms with Crippen LogP contribution in [0, 0.1) is 17.0 Å². The standard InChI is InChI=1S/C13H13ClN4O4/c1-8-15-11(18(20)21)6-17(8)7-12(19)16-10-5-3-4-9(14)13(10)22-2/h3-6H,7H2,1-2H3,(H,16,19). The SMILES string of the molecule is COc1c(Cl)cccc1NC(=O)Cn1cc([N+](=O)[O-])nc1C. The molecule has 0 saturated heterocycles. The zero-order valence-corrected chi connectivity index (χ0v) is 12.6. The summed E-state index contributed by atoms with van der Waals surface area (Å²) in [5.41, 5.74) is 0.423. The molecule has 2 aromatic rings. The van der Waals surface area contributed by atoms with Gasteiger partial charge in [-0.1, -0.05) is 17.7 Å². The Morgan fingerprint density at radius 1 is 1.55 bits per heavy atom. The Hall–Kier alpha value is -2.61. The third-order valence-electron chi connectivity index (χ3n) is 2.91. The Kier molecular flexibility index (Phi) is 4.62. The van der Waals surface area contributed by atoms with Gasteiger partial charge in [-0.2, -0.15) is 0 Å². The van der Waals surface area contributed by atoms with Gasteiger partial charge < -0.3 is 20.2 Å². The molecule has 8 nitrogen and oxygen atoms in total. The number of hydrogen-bond acceptors (Lipinski definition) is 5. The number of hydrogen-bond donors (Lipinski definition) is 1. The summed E-state index contributed by atoms with van der Waals surface area (Å²) >= 11 is 5.97. The summed E-state index contributed by atoms with van der Waals surface area (Å²) in [5.74, 6) is 0.0485. The number of benzene rings is 1. The number of nitro groups is 1. The topological polar surface area (TPSA) is 99.3 Å². The lowest BCUT2D eigenvalue weighted by Crippen LogP contribution is -2.19. The summed E-state index contributed by atoms with van der Waals surface area (Å²) < 4.78 is 6.52. The first kappa shape index (κ1) is 15.8. The minimum Gasteiger partial charge on any atom is -0.493 e. The molecule has 9 heteroatoms. The van der Waals surface area contributed by atoms with Crippen molar-refractivity contribution in [3.8, 4) is 5.75 Å². The van der Waals surface area contributed by atoms with E-state index in [2.05, 4.69) is 10.3 Å². The van der Waals surface area contributed by atoms with Crippen LogP contribution >= 0.6 is 11.6 Å². The van der Waals surface area contributed by atoms with E-state index in [0.29, 0.717) is 22.3 Å².